The quantitative estimate of drug-likeness (QED) is 0.899. The number of ether oxygens (including phenoxy) is 1. The Morgan fingerprint density at radius 3 is 3.11 bits per heavy atom. The van der Waals surface area contributed by atoms with Crippen molar-refractivity contribution < 1.29 is 9.53 Å². The van der Waals surface area contributed by atoms with Gasteiger partial charge < -0.3 is 14.6 Å². The van der Waals surface area contributed by atoms with Crippen molar-refractivity contribution in [3.05, 3.63) is 24.0 Å². The first-order chi connectivity index (χ1) is 9.15. The number of carbonyl (C=O) groups is 1. The van der Waals surface area contributed by atoms with Gasteiger partial charge in [0.15, 0.2) is 0 Å². The van der Waals surface area contributed by atoms with Gasteiger partial charge in [0.1, 0.15) is 12.4 Å². The van der Waals surface area contributed by atoms with E-state index in [1.807, 2.05) is 32.0 Å². The monoisotopic (exact) mass is 259 g/mol. The topological polar surface area (TPSA) is 56.2 Å². The Bertz CT molecular complexity index is 631. The highest BCUT2D eigenvalue weighted by Crippen LogP contribution is 2.23. The van der Waals surface area contributed by atoms with E-state index >= 15 is 0 Å². The van der Waals surface area contributed by atoms with Gasteiger partial charge in [0.25, 0.3) is 0 Å². The maximum atomic E-state index is 11.7. The molecule has 0 spiro atoms. The third-order valence-corrected chi connectivity index (χ3v) is 3.31. The minimum atomic E-state index is -0.0284. The lowest BCUT2D eigenvalue weighted by Gasteiger charge is -2.14. The van der Waals surface area contributed by atoms with Gasteiger partial charge in [0.05, 0.1) is 17.6 Å². The number of rotatable bonds is 2. The number of imidazole rings is 1. The summed E-state index contributed by atoms with van der Waals surface area (Å²) in [7, 11) is 0. The molecule has 1 aliphatic rings. The molecular formula is C14H17N3O2. The van der Waals surface area contributed by atoms with E-state index in [1.54, 1.807) is 0 Å². The second kappa shape index (κ2) is 4.66. The summed E-state index contributed by atoms with van der Waals surface area (Å²) < 4.78 is 7.57. The Balaban J connectivity index is 1.95. The lowest BCUT2D eigenvalue weighted by Crippen LogP contribution is -2.17. The van der Waals surface area contributed by atoms with Crippen LogP contribution in [0.3, 0.4) is 0 Å². The zero-order valence-electron chi connectivity index (χ0n) is 11.1. The third kappa shape index (κ3) is 2.21. The molecule has 0 aliphatic carbocycles. The first kappa shape index (κ1) is 12.2. The number of hydrogen-bond donors (Lipinski definition) is 1. The molecule has 5 heteroatoms. The van der Waals surface area contributed by atoms with Crippen LogP contribution in [0.2, 0.25) is 0 Å². The fourth-order valence-electron chi connectivity index (χ4n) is 2.22. The molecule has 100 valence electrons. The van der Waals surface area contributed by atoms with Crippen molar-refractivity contribution in [3.63, 3.8) is 0 Å². The summed E-state index contributed by atoms with van der Waals surface area (Å²) in [5, 5.41) is 2.89. The number of nitrogens with zero attached hydrogens (tertiary/aromatic N) is 2. The van der Waals surface area contributed by atoms with Gasteiger partial charge in [-0.1, -0.05) is 13.8 Å². The summed E-state index contributed by atoms with van der Waals surface area (Å²) in [5.41, 5.74) is 2.80. The summed E-state index contributed by atoms with van der Waals surface area (Å²) in [6.07, 6.45) is 0. The molecule has 1 amide bonds. The summed E-state index contributed by atoms with van der Waals surface area (Å²) >= 11 is 0. The summed E-state index contributed by atoms with van der Waals surface area (Å²) in [5.74, 6) is 0.944. The lowest BCUT2D eigenvalue weighted by molar-refractivity contribution is -0.118. The van der Waals surface area contributed by atoms with Crippen molar-refractivity contribution >= 4 is 22.6 Å². The van der Waals surface area contributed by atoms with E-state index in [1.165, 1.54) is 0 Å². The minimum absolute atomic E-state index is 0.0201. The van der Waals surface area contributed by atoms with Crippen LogP contribution in [0.25, 0.3) is 11.0 Å². The molecule has 1 N–H and O–H groups in total. The average Bonchev–Trinajstić information content (AvgIpc) is 2.76. The van der Waals surface area contributed by atoms with Crippen LogP contribution in [-0.2, 0) is 22.7 Å². The summed E-state index contributed by atoms with van der Waals surface area (Å²) in [6, 6.07) is 5.85. The highest BCUT2D eigenvalue weighted by Gasteiger charge is 2.15. The van der Waals surface area contributed by atoms with Gasteiger partial charge in [-0.3, -0.25) is 4.79 Å². The molecule has 3 rings (SSSR count). The molecule has 2 heterocycles. The second-order valence-corrected chi connectivity index (χ2v) is 5.08. The number of aromatic nitrogens is 2. The van der Waals surface area contributed by atoms with E-state index in [-0.39, 0.29) is 11.8 Å². The zero-order chi connectivity index (χ0) is 13.4. The van der Waals surface area contributed by atoms with Gasteiger partial charge in [0, 0.05) is 18.2 Å². The lowest BCUT2D eigenvalue weighted by atomic mass is 10.2. The van der Waals surface area contributed by atoms with Crippen molar-refractivity contribution in [3.8, 4) is 0 Å². The first-order valence-corrected chi connectivity index (χ1v) is 6.53. The number of fused-ring (bicyclic) bond motifs is 3. The number of hydrogen-bond acceptors (Lipinski definition) is 3. The predicted molar refractivity (Wildman–Crippen MR) is 72.9 cm³/mol. The summed E-state index contributed by atoms with van der Waals surface area (Å²) in [6.45, 7) is 5.87. The molecule has 5 nitrogen and oxygen atoms in total. The van der Waals surface area contributed by atoms with Crippen molar-refractivity contribution in [1.29, 1.82) is 0 Å². The Morgan fingerprint density at radius 1 is 1.47 bits per heavy atom. The third-order valence-electron chi connectivity index (χ3n) is 3.31. The van der Waals surface area contributed by atoms with Crippen LogP contribution >= 0.6 is 0 Å². The maximum absolute atomic E-state index is 11.7. The van der Waals surface area contributed by atoms with Crippen LogP contribution < -0.4 is 5.32 Å². The van der Waals surface area contributed by atoms with E-state index in [4.69, 9.17) is 4.74 Å². The molecule has 0 bridgehead atoms. The van der Waals surface area contributed by atoms with Gasteiger partial charge in [-0.05, 0) is 18.2 Å². The van der Waals surface area contributed by atoms with Gasteiger partial charge in [0.2, 0.25) is 5.91 Å². The van der Waals surface area contributed by atoms with Gasteiger partial charge >= 0.3 is 0 Å². The highest BCUT2D eigenvalue weighted by molar-refractivity contribution is 5.94. The van der Waals surface area contributed by atoms with E-state index in [9.17, 15) is 4.79 Å². The van der Waals surface area contributed by atoms with E-state index in [0.29, 0.717) is 6.61 Å². The maximum Gasteiger partial charge on any atom is 0.226 e. The predicted octanol–water partition coefficient (Wildman–Crippen LogP) is 2.16. The molecule has 1 aromatic carbocycles. The second-order valence-electron chi connectivity index (χ2n) is 5.08. The highest BCUT2D eigenvalue weighted by atomic mass is 16.5. The largest absolute Gasteiger partial charge is 0.372 e. The Kier molecular flexibility index (Phi) is 2.98. The van der Waals surface area contributed by atoms with Crippen LogP contribution in [0.5, 0.6) is 0 Å². The molecule has 0 unspecified atom stereocenters. The average molecular weight is 259 g/mol. The number of benzene rings is 1. The van der Waals surface area contributed by atoms with Crippen molar-refractivity contribution in [2.24, 2.45) is 5.92 Å². The first-order valence-electron chi connectivity index (χ1n) is 6.53. The molecule has 0 fully saturated rings. The van der Waals surface area contributed by atoms with E-state index in [2.05, 4.69) is 14.9 Å². The Labute approximate surface area is 111 Å². The van der Waals surface area contributed by atoms with Gasteiger partial charge in [-0.2, -0.15) is 0 Å². The van der Waals surface area contributed by atoms with Crippen molar-refractivity contribution in [1.82, 2.24) is 9.55 Å². The van der Waals surface area contributed by atoms with Crippen LogP contribution in [0.1, 0.15) is 19.7 Å². The minimum Gasteiger partial charge on any atom is -0.372 e. The smallest absolute Gasteiger partial charge is 0.226 e. The molecule has 2 aromatic rings. The molecule has 0 saturated heterocycles. The molecule has 19 heavy (non-hydrogen) atoms. The SMILES string of the molecule is CC(C)C(=O)Nc1ccc2c(c1)nc1n2CCOC1. The van der Waals surface area contributed by atoms with Crippen LogP contribution in [0.4, 0.5) is 5.69 Å². The zero-order valence-corrected chi connectivity index (χ0v) is 11.1. The molecule has 1 aliphatic heterocycles. The van der Waals surface area contributed by atoms with E-state index < -0.39 is 0 Å². The number of nitrogens with one attached hydrogen (secondary N) is 1. The van der Waals surface area contributed by atoms with Gasteiger partial charge in [-0.15, -0.1) is 0 Å². The molecular weight excluding hydrogens is 242 g/mol. The van der Waals surface area contributed by atoms with Crippen molar-refractivity contribution in [2.45, 2.75) is 27.0 Å². The number of amides is 1. The Morgan fingerprint density at radius 2 is 2.32 bits per heavy atom. The fraction of sp³-hybridized carbons (Fsp3) is 0.429. The normalized spacial score (nSPS) is 14.7. The summed E-state index contributed by atoms with van der Waals surface area (Å²) in [4.78, 5) is 16.2. The van der Waals surface area contributed by atoms with Crippen molar-refractivity contribution in [2.75, 3.05) is 11.9 Å². The molecule has 1 aromatic heterocycles. The number of carbonyl (C=O) groups excluding carboxylic acids is 1. The molecule has 0 atom stereocenters. The van der Waals surface area contributed by atoms with Crippen LogP contribution in [0.15, 0.2) is 18.2 Å². The standard InChI is InChI=1S/C14H17N3O2/c1-9(2)14(18)15-10-3-4-12-11(7-10)16-13-8-19-6-5-17(12)13/h3-4,7,9H,5-6,8H2,1-2H3,(H,15,18). The Hall–Kier alpha value is -1.88. The van der Waals surface area contributed by atoms with Crippen LogP contribution in [0, 0.1) is 5.92 Å². The number of anilines is 1. The molecule has 0 saturated carbocycles. The van der Waals surface area contributed by atoms with Crippen LogP contribution in [-0.4, -0.2) is 22.1 Å². The van der Waals surface area contributed by atoms with E-state index in [0.717, 1.165) is 35.7 Å². The van der Waals surface area contributed by atoms with Gasteiger partial charge in [-0.25, -0.2) is 4.98 Å². The fourth-order valence-corrected chi connectivity index (χ4v) is 2.22. The molecule has 0 radical (unpaired) electrons.